The highest BCUT2D eigenvalue weighted by Gasteiger charge is 2.23. The van der Waals surface area contributed by atoms with Crippen molar-refractivity contribution >= 4 is 17.6 Å². The van der Waals surface area contributed by atoms with Crippen LogP contribution in [-0.4, -0.2) is 64.7 Å². The lowest BCUT2D eigenvalue weighted by molar-refractivity contribution is 0.0645. The Balaban J connectivity index is 1.54. The summed E-state index contributed by atoms with van der Waals surface area (Å²) < 4.78 is 21.8. The Morgan fingerprint density at radius 3 is 2.56 bits per heavy atom. The van der Waals surface area contributed by atoms with Crippen LogP contribution in [0.25, 0.3) is 0 Å². The van der Waals surface area contributed by atoms with Gasteiger partial charge in [0.05, 0.1) is 19.0 Å². The Hall–Kier alpha value is -3.99. The summed E-state index contributed by atoms with van der Waals surface area (Å²) in [6, 6.07) is 6.36. The molecule has 2 aromatic heterocycles. The second kappa shape index (κ2) is 10.3. The van der Waals surface area contributed by atoms with Gasteiger partial charge in [-0.25, -0.2) is 9.97 Å². The minimum absolute atomic E-state index is 0.158. The first-order chi connectivity index (χ1) is 16.4. The first-order valence-electron chi connectivity index (χ1n) is 10.8. The van der Waals surface area contributed by atoms with Crippen molar-refractivity contribution in [2.45, 2.75) is 26.4 Å². The summed E-state index contributed by atoms with van der Waals surface area (Å²) >= 11 is 0. The van der Waals surface area contributed by atoms with Crippen molar-refractivity contribution in [3.63, 3.8) is 0 Å². The number of anilines is 1. The number of nitrogens with zero attached hydrogens (tertiary/aromatic N) is 4. The number of carbonyl (C=O) groups excluding carboxylic acids is 2. The van der Waals surface area contributed by atoms with E-state index < -0.39 is 5.91 Å². The van der Waals surface area contributed by atoms with Gasteiger partial charge in [-0.15, -0.1) is 0 Å². The Bertz CT molecular complexity index is 1160. The van der Waals surface area contributed by atoms with E-state index in [4.69, 9.17) is 18.7 Å². The Labute approximate surface area is 196 Å². The topological polar surface area (TPSA) is 129 Å². The third-order valence-electron chi connectivity index (χ3n) is 4.96. The number of hydrogen-bond donors (Lipinski definition) is 1. The van der Waals surface area contributed by atoms with Crippen molar-refractivity contribution < 1.29 is 28.3 Å². The number of methoxy groups -OCH3 is 1. The smallest absolute Gasteiger partial charge is 0.274 e. The molecule has 178 valence electrons. The van der Waals surface area contributed by atoms with Crippen LogP contribution in [0.15, 0.2) is 41.2 Å². The number of likely N-dealkylation sites (tertiary alicyclic amines) is 1. The fourth-order valence-electron chi connectivity index (χ4n) is 3.23. The van der Waals surface area contributed by atoms with Gasteiger partial charge in [-0.1, -0.05) is 5.16 Å². The van der Waals surface area contributed by atoms with Gasteiger partial charge < -0.3 is 29.0 Å². The van der Waals surface area contributed by atoms with Crippen molar-refractivity contribution in [3.8, 4) is 17.4 Å². The fraction of sp³-hybridized carbons (Fsp3) is 0.348. The van der Waals surface area contributed by atoms with Gasteiger partial charge in [0.25, 0.3) is 11.8 Å². The van der Waals surface area contributed by atoms with E-state index in [9.17, 15) is 9.59 Å². The molecule has 1 aliphatic rings. The number of benzene rings is 1. The van der Waals surface area contributed by atoms with Gasteiger partial charge >= 0.3 is 0 Å². The molecule has 0 bridgehead atoms. The third-order valence-corrected chi connectivity index (χ3v) is 4.96. The molecule has 0 aliphatic carbocycles. The maximum absolute atomic E-state index is 12.8. The zero-order chi connectivity index (χ0) is 24.1. The molecule has 1 aromatic carbocycles. The van der Waals surface area contributed by atoms with Crippen LogP contribution in [0, 0.1) is 6.92 Å². The third kappa shape index (κ3) is 5.67. The van der Waals surface area contributed by atoms with Crippen LogP contribution in [0.5, 0.6) is 17.4 Å². The predicted octanol–water partition coefficient (Wildman–Crippen LogP) is 3.08. The van der Waals surface area contributed by atoms with Gasteiger partial charge in [0.15, 0.2) is 5.82 Å². The number of rotatable bonds is 9. The average Bonchev–Trinajstić information content (AvgIpc) is 3.17. The van der Waals surface area contributed by atoms with Crippen LogP contribution in [0.4, 0.5) is 5.82 Å². The van der Waals surface area contributed by atoms with E-state index in [2.05, 4.69) is 20.4 Å². The summed E-state index contributed by atoms with van der Waals surface area (Å²) in [7, 11) is 1.58. The van der Waals surface area contributed by atoms with Crippen LogP contribution in [0.2, 0.25) is 0 Å². The first kappa shape index (κ1) is 23.2. The van der Waals surface area contributed by atoms with E-state index in [1.54, 1.807) is 37.1 Å². The monoisotopic (exact) mass is 467 g/mol. The predicted molar refractivity (Wildman–Crippen MR) is 120 cm³/mol. The number of ether oxygens (including phenoxy) is 3. The van der Waals surface area contributed by atoms with Crippen LogP contribution < -0.4 is 14.8 Å². The van der Waals surface area contributed by atoms with Crippen molar-refractivity contribution in [2.24, 2.45) is 0 Å². The van der Waals surface area contributed by atoms with E-state index in [0.29, 0.717) is 23.9 Å². The second-order valence-electron chi connectivity index (χ2n) is 7.84. The molecule has 3 aromatic rings. The zero-order valence-electron chi connectivity index (χ0n) is 19.1. The molecule has 1 fully saturated rings. The number of hydrogen-bond acceptors (Lipinski definition) is 9. The Kier molecular flexibility index (Phi) is 7.02. The Morgan fingerprint density at radius 1 is 1.15 bits per heavy atom. The molecule has 4 rings (SSSR count). The molecule has 1 N–H and O–H groups in total. The fourth-order valence-corrected chi connectivity index (χ4v) is 3.23. The maximum atomic E-state index is 12.8. The molecule has 1 atom stereocenters. The number of nitrogens with one attached hydrogen (secondary N) is 1. The molecule has 0 unspecified atom stereocenters. The quantitative estimate of drug-likeness (QED) is 0.505. The maximum Gasteiger partial charge on any atom is 0.274 e. The SMILES string of the molecule is COC[C@H](C)Oc1cc(Oc2cnc(C(=O)N3CCC3)cn2)cc(C(=O)Nc2cc(C)on2)c1. The molecular weight excluding hydrogens is 442 g/mol. The molecule has 2 amide bonds. The summed E-state index contributed by atoms with van der Waals surface area (Å²) in [4.78, 5) is 35.1. The van der Waals surface area contributed by atoms with Crippen LogP contribution in [0.3, 0.4) is 0 Å². The highest BCUT2D eigenvalue weighted by molar-refractivity contribution is 6.04. The minimum atomic E-state index is -0.426. The zero-order valence-corrected chi connectivity index (χ0v) is 19.1. The van der Waals surface area contributed by atoms with Crippen molar-refractivity contribution in [2.75, 3.05) is 32.1 Å². The van der Waals surface area contributed by atoms with Gasteiger partial charge in [0.1, 0.15) is 29.1 Å². The molecule has 11 nitrogen and oxygen atoms in total. The van der Waals surface area contributed by atoms with Gasteiger partial charge in [-0.2, -0.15) is 0 Å². The normalized spacial score (nSPS) is 13.7. The molecule has 0 saturated carbocycles. The minimum Gasteiger partial charge on any atom is -0.488 e. The summed E-state index contributed by atoms with van der Waals surface area (Å²) in [6.07, 6.45) is 3.47. The van der Waals surface area contributed by atoms with Crippen LogP contribution in [0.1, 0.15) is 40.0 Å². The molecule has 3 heterocycles. The van der Waals surface area contributed by atoms with E-state index in [1.807, 2.05) is 6.92 Å². The van der Waals surface area contributed by atoms with Gasteiger partial charge in [-0.05, 0) is 32.4 Å². The lowest BCUT2D eigenvalue weighted by atomic mass is 10.2. The average molecular weight is 467 g/mol. The molecular formula is C23H25N5O6. The van der Waals surface area contributed by atoms with Gasteiger partial charge in [0.2, 0.25) is 5.88 Å². The number of carbonyl (C=O) groups is 2. The van der Waals surface area contributed by atoms with Crippen LogP contribution >= 0.6 is 0 Å². The summed E-state index contributed by atoms with van der Waals surface area (Å²) in [5.41, 5.74) is 0.524. The molecule has 34 heavy (non-hydrogen) atoms. The van der Waals surface area contributed by atoms with E-state index >= 15 is 0 Å². The molecule has 1 saturated heterocycles. The standard InChI is InChI=1S/C23H25N5O6/c1-14-7-20(27-34-14)26-22(29)16-8-17(32-15(2)13-31-3)10-18(9-16)33-21-12-24-19(11-25-21)23(30)28-5-4-6-28/h7-12,15H,4-6,13H2,1-3H3,(H,26,27,29)/t15-/m0/s1. The lowest BCUT2D eigenvalue weighted by Crippen LogP contribution is -2.42. The van der Waals surface area contributed by atoms with Crippen molar-refractivity contribution in [3.05, 3.63) is 53.7 Å². The number of amides is 2. The summed E-state index contributed by atoms with van der Waals surface area (Å²) in [6.45, 7) is 5.39. The lowest BCUT2D eigenvalue weighted by Gasteiger charge is -2.30. The number of aromatic nitrogens is 3. The highest BCUT2D eigenvalue weighted by Crippen LogP contribution is 2.28. The van der Waals surface area contributed by atoms with Gasteiger partial charge in [0, 0.05) is 37.9 Å². The molecule has 0 spiro atoms. The summed E-state index contributed by atoms with van der Waals surface area (Å²) in [5, 5.41) is 6.44. The van der Waals surface area contributed by atoms with Crippen molar-refractivity contribution in [1.29, 1.82) is 0 Å². The molecule has 11 heteroatoms. The largest absolute Gasteiger partial charge is 0.488 e. The summed E-state index contributed by atoms with van der Waals surface area (Å²) in [5.74, 6) is 1.15. The Morgan fingerprint density at radius 2 is 1.94 bits per heavy atom. The number of aryl methyl sites for hydroxylation is 1. The molecule has 1 aliphatic heterocycles. The van der Waals surface area contributed by atoms with Crippen LogP contribution in [-0.2, 0) is 4.74 Å². The van der Waals surface area contributed by atoms with E-state index in [0.717, 1.165) is 19.5 Å². The van der Waals surface area contributed by atoms with E-state index in [-0.39, 0.29) is 35.0 Å². The molecule has 0 radical (unpaired) electrons. The van der Waals surface area contributed by atoms with E-state index in [1.165, 1.54) is 18.5 Å². The second-order valence-corrected chi connectivity index (χ2v) is 7.84. The van der Waals surface area contributed by atoms with Gasteiger partial charge in [-0.3, -0.25) is 9.59 Å². The van der Waals surface area contributed by atoms with Crippen molar-refractivity contribution in [1.82, 2.24) is 20.0 Å². The first-order valence-corrected chi connectivity index (χ1v) is 10.8. The highest BCUT2D eigenvalue weighted by atomic mass is 16.5.